The molecule has 0 saturated heterocycles. The first-order valence-electron chi connectivity index (χ1n) is 22.6. The van der Waals surface area contributed by atoms with Crippen LogP contribution < -0.4 is 0 Å². The Bertz CT molecular complexity index is 1370. The van der Waals surface area contributed by atoms with E-state index in [1.54, 1.807) is 0 Å². The molecule has 0 amide bonds. The van der Waals surface area contributed by atoms with Gasteiger partial charge in [-0.2, -0.15) is 0 Å². The Kier molecular flexibility index (Phi) is 29.0. The number of hydrogen-bond acceptors (Lipinski definition) is 0. The molecule has 0 saturated carbocycles. The fourth-order valence-corrected chi connectivity index (χ4v) is 8.01. The zero-order valence-electron chi connectivity index (χ0n) is 35.7. The van der Waals surface area contributed by atoms with Gasteiger partial charge in [-0.3, -0.25) is 0 Å². The van der Waals surface area contributed by atoms with Crippen LogP contribution in [0.25, 0.3) is 16.9 Å². The van der Waals surface area contributed by atoms with Crippen molar-refractivity contribution in [2.75, 3.05) is 0 Å². The van der Waals surface area contributed by atoms with Crippen molar-refractivity contribution in [2.24, 2.45) is 0 Å². The van der Waals surface area contributed by atoms with E-state index in [4.69, 9.17) is 0 Å². The van der Waals surface area contributed by atoms with Crippen LogP contribution >= 0.6 is 0 Å². The molecule has 3 rings (SSSR count). The molecule has 0 atom stereocenters. The van der Waals surface area contributed by atoms with E-state index in [2.05, 4.69) is 101 Å². The Labute approximate surface area is 341 Å². The quantitative estimate of drug-likeness (QED) is 0.0340. The predicted octanol–water partition coefficient (Wildman–Crippen LogP) is 16.9. The molecule has 1 heterocycles. The number of allylic oxidation sites excluding steroid dienone is 2. The third-order valence-electron chi connectivity index (χ3n) is 10.3. The van der Waals surface area contributed by atoms with Gasteiger partial charge in [0.2, 0.25) is 11.4 Å². The van der Waals surface area contributed by atoms with E-state index in [9.17, 15) is 5.53 Å². The van der Waals surface area contributed by atoms with Crippen molar-refractivity contribution in [1.82, 2.24) is 0 Å². The Balaban J connectivity index is 0.00000131. The Morgan fingerprint density at radius 3 is 1.61 bits per heavy atom. The summed E-state index contributed by atoms with van der Waals surface area (Å²) in [5, 5.41) is 2.72. The van der Waals surface area contributed by atoms with Crippen molar-refractivity contribution in [1.29, 1.82) is 0 Å². The minimum atomic E-state index is 0.858. The van der Waals surface area contributed by atoms with Crippen LogP contribution in [0.2, 0.25) is 10.8 Å². The third kappa shape index (κ3) is 20.5. The number of aryl methyl sites for hydroxylation is 2. The van der Waals surface area contributed by atoms with Crippen molar-refractivity contribution in [3.63, 3.8) is 0 Å². The van der Waals surface area contributed by atoms with Gasteiger partial charge >= 0.3 is 51.9 Å². The topological polar surface area (TPSA) is 25.3 Å². The average molecular weight is 780 g/mol. The van der Waals surface area contributed by atoms with Gasteiger partial charge in [-0.05, 0) is 67.9 Å². The summed E-state index contributed by atoms with van der Waals surface area (Å²) in [7, 11) is 0. The van der Waals surface area contributed by atoms with Crippen molar-refractivity contribution in [3.05, 3.63) is 88.0 Å². The fourth-order valence-electron chi connectivity index (χ4n) is 7.07. The van der Waals surface area contributed by atoms with Gasteiger partial charge < -0.3 is 5.53 Å². The molecule has 0 radical (unpaired) electrons. The predicted molar refractivity (Wildman–Crippen MR) is 235 cm³/mol. The van der Waals surface area contributed by atoms with Crippen LogP contribution in [-0.2, 0) is 27.3 Å². The van der Waals surface area contributed by atoms with Gasteiger partial charge in [-0.15, -0.1) is 11.8 Å². The monoisotopic (exact) mass is 779 g/mol. The van der Waals surface area contributed by atoms with E-state index in [0.29, 0.717) is 0 Å². The summed E-state index contributed by atoms with van der Waals surface area (Å²) in [4.78, 5) is 0. The van der Waals surface area contributed by atoms with Crippen LogP contribution in [0, 0.1) is 11.8 Å². The van der Waals surface area contributed by atoms with Crippen LogP contribution in [0.1, 0.15) is 211 Å². The maximum atomic E-state index is 11.6. The Morgan fingerprint density at radius 1 is 0.519 bits per heavy atom. The zero-order valence-corrected chi connectivity index (χ0v) is 36.7. The molecule has 0 spiro atoms. The second-order valence-corrected chi connectivity index (χ2v) is 16.8. The standard InChI is InChI=1S/C45H66N2.2C3H7.Ni/c1-4-7-10-11-12-13-14-15-16-17-18-19-20-21-22-23-24-25-26-31-40-32-27-28-33-43(40)44-38-42(30-9-6-3)45(47(44)46)41-36-34-39(35-37-41)29-8-5-2;2*1-3-2;/h27-28,32-38H,4-23,26,29-31H2,1-3H3;2*1,3H2,2H3;. The van der Waals surface area contributed by atoms with Crippen LogP contribution in [0.3, 0.4) is 0 Å². The van der Waals surface area contributed by atoms with E-state index < -0.39 is 0 Å². The summed E-state index contributed by atoms with van der Waals surface area (Å²) in [5.74, 6) is 6.89. The molecule has 0 aliphatic carbocycles. The van der Waals surface area contributed by atoms with Gasteiger partial charge in [0.1, 0.15) is 0 Å². The number of nitrogens with zero attached hydrogens (tertiary/aromatic N) is 2. The number of hydrogen-bond donors (Lipinski definition) is 0. The van der Waals surface area contributed by atoms with E-state index in [1.165, 1.54) is 154 Å². The summed E-state index contributed by atoms with van der Waals surface area (Å²) in [5.41, 5.74) is 19.5. The number of benzene rings is 2. The third-order valence-corrected chi connectivity index (χ3v) is 12.0. The Hall–Kier alpha value is -2.43. The molecule has 1 aliphatic rings. The SMILES string of the molecule is CCCCCCCCCCCCCCCCCC#CCCc1ccccc1C1=CC(CCCC)=C(c2ccc(CCCC)cc2)[N+]1=[N-].CC[CH2][Ni][CH2]CC. The molecule has 3 heteroatoms. The molecule has 0 N–H and O–H groups in total. The van der Waals surface area contributed by atoms with Gasteiger partial charge in [-0.25, -0.2) is 4.70 Å². The second kappa shape index (κ2) is 32.8. The van der Waals surface area contributed by atoms with Gasteiger partial charge in [0, 0.05) is 35.6 Å². The molecule has 2 aromatic carbocycles. The molecule has 1 aliphatic heterocycles. The summed E-state index contributed by atoms with van der Waals surface area (Å²) < 4.78 is 1.45. The normalized spacial score (nSPS) is 12.5. The molecule has 0 unspecified atom stereocenters. The molecule has 0 fully saturated rings. The van der Waals surface area contributed by atoms with Crippen LogP contribution in [0.15, 0.2) is 60.2 Å². The first-order chi connectivity index (χ1) is 26.6. The van der Waals surface area contributed by atoms with Crippen LogP contribution in [-0.4, -0.2) is 4.70 Å². The van der Waals surface area contributed by atoms with Gasteiger partial charge in [0.15, 0.2) is 0 Å². The average Bonchev–Trinajstić information content (AvgIpc) is 3.53. The molecule has 304 valence electrons. The van der Waals surface area contributed by atoms with Crippen molar-refractivity contribution >= 4 is 11.4 Å². The molecular weight excluding hydrogens is 699 g/mol. The summed E-state index contributed by atoms with van der Waals surface area (Å²) in [6.07, 6.45) is 35.4. The first kappa shape index (κ1) is 47.7. The van der Waals surface area contributed by atoms with Crippen LogP contribution in [0.4, 0.5) is 0 Å². The van der Waals surface area contributed by atoms with E-state index >= 15 is 0 Å². The van der Waals surface area contributed by atoms with E-state index in [0.717, 1.165) is 67.5 Å². The van der Waals surface area contributed by atoms with Gasteiger partial charge in [0.05, 0.1) is 0 Å². The Morgan fingerprint density at radius 2 is 1.04 bits per heavy atom. The van der Waals surface area contributed by atoms with Crippen LogP contribution in [0.5, 0.6) is 0 Å². The van der Waals surface area contributed by atoms with E-state index in [1.807, 2.05) is 14.4 Å². The summed E-state index contributed by atoms with van der Waals surface area (Å²) in [6, 6.07) is 17.4. The molecule has 0 aromatic heterocycles. The number of rotatable bonds is 29. The molecule has 0 bridgehead atoms. The number of unbranched alkanes of at least 4 members (excludes halogenated alkanes) is 17. The fraction of sp³-hybridized carbons (Fsp3) is 0.647. The minimum absolute atomic E-state index is 0.858. The molecule has 2 nitrogen and oxygen atoms in total. The van der Waals surface area contributed by atoms with E-state index in [-0.39, 0.29) is 0 Å². The van der Waals surface area contributed by atoms with Crippen molar-refractivity contribution in [3.8, 4) is 11.8 Å². The van der Waals surface area contributed by atoms with Crippen molar-refractivity contribution < 1.29 is 19.1 Å². The summed E-state index contributed by atoms with van der Waals surface area (Å²) in [6.45, 7) is 11.2. The molecule has 54 heavy (non-hydrogen) atoms. The molecular formula is C51H80N2Ni. The van der Waals surface area contributed by atoms with Gasteiger partial charge in [-0.1, -0.05) is 154 Å². The second-order valence-electron chi connectivity index (χ2n) is 15.3. The first-order valence-corrected chi connectivity index (χ1v) is 24.0. The molecule has 2 aromatic rings. The maximum absolute atomic E-state index is 11.6. The van der Waals surface area contributed by atoms with Crippen molar-refractivity contribution in [2.45, 2.75) is 212 Å². The van der Waals surface area contributed by atoms with Gasteiger partial charge in [0.25, 0.3) is 0 Å². The zero-order chi connectivity index (χ0) is 38.9. The summed E-state index contributed by atoms with van der Waals surface area (Å²) >= 11 is 1.90.